The van der Waals surface area contributed by atoms with Crippen molar-refractivity contribution >= 4 is 26.9 Å². The van der Waals surface area contributed by atoms with Crippen LogP contribution in [0.1, 0.15) is 55.8 Å². The first-order valence-corrected chi connectivity index (χ1v) is 13.4. The van der Waals surface area contributed by atoms with Crippen LogP contribution in [0.5, 0.6) is 0 Å². The van der Waals surface area contributed by atoms with Crippen LogP contribution in [-0.4, -0.2) is 42.7 Å². The molecule has 0 saturated carbocycles. The van der Waals surface area contributed by atoms with Gasteiger partial charge in [0.2, 0.25) is 10.0 Å². The molecule has 2 atom stereocenters. The summed E-state index contributed by atoms with van der Waals surface area (Å²) in [6.07, 6.45) is 1.03. The smallest absolute Gasteiger partial charge is 0.290 e. The van der Waals surface area contributed by atoms with E-state index in [0.717, 1.165) is 12.0 Å². The Hall–Kier alpha value is -2.64. The molecule has 1 aromatic heterocycles. The predicted octanol–water partition coefficient (Wildman–Crippen LogP) is 5.46. The van der Waals surface area contributed by atoms with Crippen LogP contribution in [0.25, 0.3) is 11.0 Å². The van der Waals surface area contributed by atoms with Crippen molar-refractivity contribution in [1.29, 1.82) is 0 Å². The van der Waals surface area contributed by atoms with Gasteiger partial charge >= 0.3 is 0 Å². The Kier molecular flexibility index (Phi) is 6.87. The molecule has 34 heavy (non-hydrogen) atoms. The van der Waals surface area contributed by atoms with Crippen LogP contribution < -0.4 is 0 Å². The van der Waals surface area contributed by atoms with Crippen LogP contribution in [0.3, 0.4) is 0 Å². The summed E-state index contributed by atoms with van der Waals surface area (Å²) in [4.78, 5) is 15.5. The third-order valence-electron chi connectivity index (χ3n) is 6.65. The first kappa shape index (κ1) is 24.5. The lowest BCUT2D eigenvalue weighted by molar-refractivity contribution is 0.0659. The lowest BCUT2D eigenvalue weighted by Gasteiger charge is -2.34. The molecule has 1 saturated heterocycles. The molecule has 3 aromatic rings. The van der Waals surface area contributed by atoms with Crippen molar-refractivity contribution in [2.24, 2.45) is 11.8 Å². The number of hydrogen-bond donors (Lipinski definition) is 0. The third-order valence-corrected chi connectivity index (χ3v) is 8.48. The first-order valence-electron chi connectivity index (χ1n) is 12.0. The van der Waals surface area contributed by atoms with E-state index in [1.165, 1.54) is 0 Å². The number of sulfonamides is 1. The highest BCUT2D eigenvalue weighted by molar-refractivity contribution is 7.89. The minimum absolute atomic E-state index is 0.0284. The van der Waals surface area contributed by atoms with Crippen LogP contribution in [0.2, 0.25) is 0 Å². The van der Waals surface area contributed by atoms with Gasteiger partial charge in [-0.2, -0.15) is 4.31 Å². The molecule has 1 fully saturated rings. The quantitative estimate of drug-likeness (QED) is 0.468. The number of aryl methyl sites for hydroxylation is 1. The van der Waals surface area contributed by atoms with Gasteiger partial charge < -0.3 is 9.32 Å². The first-order chi connectivity index (χ1) is 16.1. The Balaban J connectivity index is 1.67. The van der Waals surface area contributed by atoms with Crippen molar-refractivity contribution in [3.8, 4) is 0 Å². The van der Waals surface area contributed by atoms with Crippen LogP contribution in [0.15, 0.2) is 57.8 Å². The van der Waals surface area contributed by atoms with E-state index in [4.69, 9.17) is 4.42 Å². The molecule has 7 heteroatoms. The van der Waals surface area contributed by atoms with Crippen molar-refractivity contribution in [3.63, 3.8) is 0 Å². The maximum Gasteiger partial charge on any atom is 0.290 e. The monoisotopic (exact) mass is 482 g/mol. The largest absolute Gasteiger partial charge is 0.451 e. The van der Waals surface area contributed by atoms with E-state index >= 15 is 0 Å². The predicted molar refractivity (Wildman–Crippen MR) is 134 cm³/mol. The van der Waals surface area contributed by atoms with Gasteiger partial charge in [-0.05, 0) is 62.8 Å². The van der Waals surface area contributed by atoms with Gasteiger partial charge in [-0.25, -0.2) is 8.42 Å². The Morgan fingerprint density at radius 2 is 1.74 bits per heavy atom. The van der Waals surface area contributed by atoms with E-state index in [2.05, 4.69) is 13.8 Å². The maximum absolute atomic E-state index is 13.5. The summed E-state index contributed by atoms with van der Waals surface area (Å²) >= 11 is 0. The number of nitrogens with zero attached hydrogens (tertiary/aromatic N) is 2. The molecule has 0 bridgehead atoms. The van der Waals surface area contributed by atoms with Gasteiger partial charge in [0.05, 0.1) is 4.90 Å². The van der Waals surface area contributed by atoms with E-state index in [9.17, 15) is 13.2 Å². The van der Waals surface area contributed by atoms with Gasteiger partial charge in [0.25, 0.3) is 5.91 Å². The second kappa shape index (κ2) is 9.55. The van der Waals surface area contributed by atoms with E-state index in [0.29, 0.717) is 48.0 Å². The fourth-order valence-electron chi connectivity index (χ4n) is 4.91. The van der Waals surface area contributed by atoms with Crippen molar-refractivity contribution < 1.29 is 17.6 Å². The average molecular weight is 483 g/mol. The summed E-state index contributed by atoms with van der Waals surface area (Å²) in [5, 5.41) is 0.658. The van der Waals surface area contributed by atoms with E-state index in [1.54, 1.807) is 27.4 Å². The number of furan rings is 1. The highest BCUT2D eigenvalue weighted by Crippen LogP contribution is 2.32. The number of carbonyl (C=O) groups is 1. The van der Waals surface area contributed by atoms with Crippen LogP contribution in [-0.2, 0) is 16.6 Å². The standard InChI is InChI=1S/C27H34N2O4S/c1-18(2)29(17-22-9-7-6-8-10-22)27(30)26-21(5)24-14-23(11-12-25(24)33-26)34(31,32)28-15-19(3)13-20(4)16-28/h6-12,14,18-20H,13,15-17H2,1-5H3/t19-,20+. The zero-order valence-electron chi connectivity index (χ0n) is 20.6. The number of carbonyl (C=O) groups excluding carboxylic acids is 1. The van der Waals surface area contributed by atoms with Gasteiger partial charge in [0.15, 0.2) is 5.76 Å². The van der Waals surface area contributed by atoms with Crippen molar-refractivity contribution in [1.82, 2.24) is 9.21 Å². The number of benzene rings is 2. The third kappa shape index (κ3) is 4.77. The summed E-state index contributed by atoms with van der Waals surface area (Å²) in [6, 6.07) is 14.7. The van der Waals surface area contributed by atoms with Gasteiger partial charge in [-0.15, -0.1) is 0 Å². The second-order valence-electron chi connectivity index (χ2n) is 9.99. The summed E-state index contributed by atoms with van der Waals surface area (Å²) < 4.78 is 34.4. The fourth-order valence-corrected chi connectivity index (χ4v) is 6.62. The summed E-state index contributed by atoms with van der Waals surface area (Å²) in [5.74, 6) is 0.715. The minimum atomic E-state index is -3.62. The Labute approximate surface area is 202 Å². The molecule has 2 heterocycles. The molecule has 0 spiro atoms. The molecule has 6 nitrogen and oxygen atoms in total. The number of rotatable bonds is 6. The topological polar surface area (TPSA) is 70.8 Å². The minimum Gasteiger partial charge on any atom is -0.451 e. The second-order valence-corrected chi connectivity index (χ2v) is 11.9. The van der Waals surface area contributed by atoms with Gasteiger partial charge in [-0.1, -0.05) is 44.2 Å². The molecule has 4 rings (SSSR count). The number of hydrogen-bond acceptors (Lipinski definition) is 4. The molecule has 2 aromatic carbocycles. The number of piperidine rings is 1. The summed E-state index contributed by atoms with van der Waals surface area (Å²) in [5.41, 5.74) is 2.22. The molecule has 0 N–H and O–H groups in total. The van der Waals surface area contributed by atoms with E-state index in [1.807, 2.05) is 51.1 Å². The lowest BCUT2D eigenvalue weighted by Crippen LogP contribution is -2.42. The van der Waals surface area contributed by atoms with Crippen molar-refractivity contribution in [3.05, 3.63) is 65.4 Å². The Bertz CT molecular complexity index is 1270. The zero-order valence-corrected chi connectivity index (χ0v) is 21.4. The fraction of sp³-hybridized carbons (Fsp3) is 0.444. The summed E-state index contributed by atoms with van der Waals surface area (Å²) in [7, 11) is -3.62. The lowest BCUT2D eigenvalue weighted by atomic mass is 9.94. The van der Waals surface area contributed by atoms with Gasteiger partial charge in [0, 0.05) is 36.6 Å². The van der Waals surface area contributed by atoms with Crippen LogP contribution in [0.4, 0.5) is 0 Å². The normalized spacial score (nSPS) is 19.6. The molecule has 0 aliphatic carbocycles. The molecule has 182 valence electrons. The zero-order chi connectivity index (χ0) is 24.6. The summed E-state index contributed by atoms with van der Waals surface area (Å²) in [6.45, 7) is 11.5. The van der Waals surface area contributed by atoms with Crippen molar-refractivity contribution in [2.45, 2.75) is 58.5 Å². The molecular weight excluding hydrogens is 448 g/mol. The molecule has 1 aliphatic heterocycles. The SMILES string of the molecule is Cc1c(C(=O)N(Cc2ccccc2)C(C)C)oc2ccc(S(=O)(=O)N3C[C@H](C)C[C@H](C)C3)cc12. The van der Waals surface area contributed by atoms with Gasteiger partial charge in [0.1, 0.15) is 5.58 Å². The van der Waals surface area contributed by atoms with Crippen LogP contribution >= 0.6 is 0 Å². The Morgan fingerprint density at radius 3 is 2.35 bits per heavy atom. The number of fused-ring (bicyclic) bond motifs is 1. The van der Waals surface area contributed by atoms with Crippen LogP contribution in [0, 0.1) is 18.8 Å². The molecule has 0 unspecified atom stereocenters. The highest BCUT2D eigenvalue weighted by Gasteiger charge is 2.32. The average Bonchev–Trinajstić information content (AvgIpc) is 3.13. The molecule has 1 amide bonds. The highest BCUT2D eigenvalue weighted by atomic mass is 32.2. The van der Waals surface area contributed by atoms with Crippen molar-refractivity contribution in [2.75, 3.05) is 13.1 Å². The molecule has 1 aliphatic rings. The maximum atomic E-state index is 13.5. The number of amides is 1. The van der Waals surface area contributed by atoms with E-state index < -0.39 is 10.0 Å². The van der Waals surface area contributed by atoms with E-state index in [-0.39, 0.29) is 22.6 Å². The Morgan fingerprint density at radius 1 is 1.09 bits per heavy atom. The van der Waals surface area contributed by atoms with Gasteiger partial charge in [-0.3, -0.25) is 4.79 Å². The molecule has 0 radical (unpaired) electrons. The molecular formula is C27H34N2O4S.